The van der Waals surface area contributed by atoms with Crippen molar-refractivity contribution >= 4 is 35.8 Å². The maximum absolute atomic E-state index is 11.1. The number of hydrogen-bond acceptors (Lipinski definition) is 16. The SMILES string of the molecule is CC(=O)OC[C@H]1OC(O)C[C@@H](OC(C)=O)[C@@H]1OC(C)=O.CC(=O)OC[C@H]1OC(O)C[C@@H](OC(C)=O)[C@@H]1OC(C)=O. The average molecular weight is 581 g/mol. The van der Waals surface area contributed by atoms with E-state index < -0.39 is 85.0 Å². The third-order valence-corrected chi connectivity index (χ3v) is 5.14. The second-order valence-electron chi connectivity index (χ2n) is 8.78. The number of esters is 6. The molecule has 228 valence electrons. The Balaban J connectivity index is 0.000000400. The molecule has 2 rings (SSSR count). The molecule has 0 amide bonds. The Morgan fingerprint density at radius 2 is 0.850 bits per heavy atom. The van der Waals surface area contributed by atoms with Crippen molar-refractivity contribution in [2.75, 3.05) is 13.2 Å². The van der Waals surface area contributed by atoms with E-state index in [1.54, 1.807) is 0 Å². The van der Waals surface area contributed by atoms with Crippen molar-refractivity contribution in [1.82, 2.24) is 0 Å². The summed E-state index contributed by atoms with van der Waals surface area (Å²) < 4.78 is 40.1. The number of ether oxygens (including phenoxy) is 8. The molecule has 2 heterocycles. The molecule has 16 heteroatoms. The second kappa shape index (κ2) is 16.7. The summed E-state index contributed by atoms with van der Waals surface area (Å²) in [5, 5.41) is 19.2. The lowest BCUT2D eigenvalue weighted by Gasteiger charge is -2.38. The van der Waals surface area contributed by atoms with Crippen LogP contribution >= 0.6 is 0 Å². The molecule has 0 spiro atoms. The van der Waals surface area contributed by atoms with Crippen molar-refractivity contribution in [3.8, 4) is 0 Å². The van der Waals surface area contributed by atoms with E-state index in [-0.39, 0.29) is 26.1 Å². The molecule has 40 heavy (non-hydrogen) atoms. The minimum atomic E-state index is -1.20. The minimum Gasteiger partial charge on any atom is -0.463 e. The van der Waals surface area contributed by atoms with E-state index in [1.807, 2.05) is 0 Å². The van der Waals surface area contributed by atoms with Crippen LogP contribution in [0, 0.1) is 0 Å². The normalized spacial score (nSPS) is 29.4. The van der Waals surface area contributed by atoms with Crippen molar-refractivity contribution in [2.24, 2.45) is 0 Å². The van der Waals surface area contributed by atoms with Gasteiger partial charge >= 0.3 is 35.8 Å². The van der Waals surface area contributed by atoms with E-state index in [4.69, 9.17) is 37.9 Å². The Labute approximate surface area is 230 Å². The predicted octanol–water partition coefficient (Wildman–Crippen LogP) is -0.960. The molecule has 0 aromatic rings. The van der Waals surface area contributed by atoms with Gasteiger partial charge in [-0.1, -0.05) is 0 Å². The van der Waals surface area contributed by atoms with Gasteiger partial charge in [0.25, 0.3) is 0 Å². The molecule has 0 saturated carbocycles. The zero-order valence-electron chi connectivity index (χ0n) is 23.1. The molecular formula is C24H36O16. The quantitative estimate of drug-likeness (QED) is 0.261. The standard InChI is InChI=1S/2C12H18O8/c2*1-6(13)17-5-10-12(19-8(3)15)9(18-7(2)14)4-11(16)20-10/h2*9-12,16H,4-5H2,1-3H3/t2*9-,10-,11?,12+/m11/s1. The van der Waals surface area contributed by atoms with Gasteiger partial charge in [-0.2, -0.15) is 0 Å². The molecule has 2 saturated heterocycles. The predicted molar refractivity (Wildman–Crippen MR) is 126 cm³/mol. The fraction of sp³-hybridized carbons (Fsp3) is 0.750. The lowest BCUT2D eigenvalue weighted by Crippen LogP contribution is -2.53. The fourth-order valence-corrected chi connectivity index (χ4v) is 3.82. The Morgan fingerprint density at radius 1 is 0.550 bits per heavy atom. The van der Waals surface area contributed by atoms with Crippen LogP contribution in [0.4, 0.5) is 0 Å². The highest BCUT2D eigenvalue weighted by atomic mass is 16.7. The van der Waals surface area contributed by atoms with Crippen molar-refractivity contribution in [3.05, 3.63) is 0 Å². The molecule has 0 aromatic heterocycles. The van der Waals surface area contributed by atoms with Gasteiger partial charge in [-0.15, -0.1) is 0 Å². The summed E-state index contributed by atoms with van der Waals surface area (Å²) in [5.74, 6) is -3.43. The number of hydrogen-bond donors (Lipinski definition) is 2. The van der Waals surface area contributed by atoms with Crippen LogP contribution in [0.2, 0.25) is 0 Å². The zero-order chi connectivity index (χ0) is 30.6. The van der Waals surface area contributed by atoms with Crippen molar-refractivity contribution in [2.45, 2.75) is 104 Å². The molecule has 8 atom stereocenters. The molecular weight excluding hydrogens is 544 g/mol. The average Bonchev–Trinajstić information content (AvgIpc) is 2.79. The Bertz CT molecular complexity index is 831. The van der Waals surface area contributed by atoms with E-state index in [9.17, 15) is 39.0 Å². The van der Waals surface area contributed by atoms with Crippen LogP contribution in [-0.4, -0.2) is 108 Å². The number of aliphatic hydroxyl groups excluding tert-OH is 2. The molecule has 16 nitrogen and oxygen atoms in total. The lowest BCUT2D eigenvalue weighted by atomic mass is 10.0. The largest absolute Gasteiger partial charge is 0.463 e. The smallest absolute Gasteiger partial charge is 0.303 e. The highest BCUT2D eigenvalue weighted by Gasteiger charge is 2.44. The fourth-order valence-electron chi connectivity index (χ4n) is 3.82. The van der Waals surface area contributed by atoms with Gasteiger partial charge in [0.15, 0.2) is 24.8 Å². The first-order valence-corrected chi connectivity index (χ1v) is 12.2. The summed E-state index contributed by atoms with van der Waals surface area (Å²) >= 11 is 0. The molecule has 0 aromatic carbocycles. The molecule has 0 aliphatic carbocycles. The topological polar surface area (TPSA) is 217 Å². The lowest BCUT2D eigenvalue weighted by molar-refractivity contribution is -0.252. The monoisotopic (exact) mass is 580 g/mol. The maximum atomic E-state index is 11.1. The first-order chi connectivity index (χ1) is 18.6. The van der Waals surface area contributed by atoms with Crippen molar-refractivity contribution < 1.29 is 76.9 Å². The van der Waals surface area contributed by atoms with E-state index >= 15 is 0 Å². The van der Waals surface area contributed by atoms with Crippen molar-refractivity contribution in [1.29, 1.82) is 0 Å². The second-order valence-corrected chi connectivity index (χ2v) is 8.78. The Kier molecular flexibility index (Phi) is 14.5. The Hall–Kier alpha value is -3.34. The molecule has 0 radical (unpaired) electrons. The molecule has 0 bridgehead atoms. The van der Waals surface area contributed by atoms with Gasteiger partial charge in [-0.25, -0.2) is 0 Å². The number of carbonyl (C=O) groups excluding carboxylic acids is 6. The summed E-state index contributed by atoms with van der Waals surface area (Å²) in [6.45, 7) is 6.77. The highest BCUT2D eigenvalue weighted by Crippen LogP contribution is 2.26. The first-order valence-electron chi connectivity index (χ1n) is 12.2. The zero-order valence-corrected chi connectivity index (χ0v) is 23.1. The van der Waals surface area contributed by atoms with E-state index in [0.29, 0.717) is 0 Å². The van der Waals surface area contributed by atoms with E-state index in [0.717, 1.165) is 0 Å². The molecule has 2 aliphatic heterocycles. The van der Waals surface area contributed by atoms with Gasteiger partial charge in [0, 0.05) is 54.4 Å². The van der Waals surface area contributed by atoms with Gasteiger partial charge in [0.05, 0.1) is 0 Å². The summed E-state index contributed by atoms with van der Waals surface area (Å²) in [4.78, 5) is 66.0. The van der Waals surface area contributed by atoms with Gasteiger partial charge in [0.2, 0.25) is 0 Å². The van der Waals surface area contributed by atoms with Crippen LogP contribution in [-0.2, 0) is 66.7 Å². The van der Waals surface area contributed by atoms with Crippen molar-refractivity contribution in [3.63, 3.8) is 0 Å². The summed E-state index contributed by atoms with van der Waals surface area (Å²) in [7, 11) is 0. The van der Waals surface area contributed by atoms with Gasteiger partial charge in [-0.3, -0.25) is 28.8 Å². The third kappa shape index (κ3) is 13.1. The van der Waals surface area contributed by atoms with Crippen LogP contribution in [0.1, 0.15) is 54.4 Å². The van der Waals surface area contributed by atoms with Crippen LogP contribution in [0.5, 0.6) is 0 Å². The summed E-state index contributed by atoms with van der Waals surface area (Å²) in [5.41, 5.74) is 0. The van der Waals surface area contributed by atoms with Crippen LogP contribution in [0.25, 0.3) is 0 Å². The van der Waals surface area contributed by atoms with Gasteiger partial charge in [-0.05, 0) is 0 Å². The summed E-state index contributed by atoms with van der Waals surface area (Å²) in [6.07, 6.45) is -7.90. The van der Waals surface area contributed by atoms with E-state index in [1.165, 1.54) is 41.5 Å². The summed E-state index contributed by atoms with van der Waals surface area (Å²) in [6, 6.07) is 0. The van der Waals surface area contributed by atoms with Crippen LogP contribution in [0.3, 0.4) is 0 Å². The van der Waals surface area contributed by atoms with Gasteiger partial charge < -0.3 is 48.1 Å². The number of carbonyl (C=O) groups is 6. The van der Waals surface area contributed by atoms with Crippen LogP contribution in [0.15, 0.2) is 0 Å². The molecule has 2 unspecified atom stereocenters. The minimum absolute atomic E-state index is 0.0336. The molecule has 2 N–H and O–H groups in total. The van der Waals surface area contributed by atoms with Gasteiger partial charge in [0.1, 0.15) is 37.6 Å². The Morgan fingerprint density at radius 3 is 1.10 bits per heavy atom. The first kappa shape index (κ1) is 34.7. The van der Waals surface area contributed by atoms with Crippen LogP contribution < -0.4 is 0 Å². The highest BCUT2D eigenvalue weighted by molar-refractivity contribution is 5.68. The van der Waals surface area contributed by atoms with E-state index in [2.05, 4.69) is 0 Å². The third-order valence-electron chi connectivity index (χ3n) is 5.14. The number of rotatable bonds is 8. The molecule has 2 fully saturated rings. The molecule has 2 aliphatic rings. The maximum Gasteiger partial charge on any atom is 0.303 e. The number of aliphatic hydroxyl groups is 2.